The van der Waals surface area contributed by atoms with Crippen LogP contribution in [-0.4, -0.2) is 82.3 Å². The molecule has 2 heterocycles. The number of nitrogens with zero attached hydrogens (tertiary/aromatic N) is 2. The summed E-state index contributed by atoms with van der Waals surface area (Å²) < 4.78 is 43.0. The molecule has 0 radical (unpaired) electrons. The van der Waals surface area contributed by atoms with Crippen molar-refractivity contribution in [3.8, 4) is 11.6 Å². The topological polar surface area (TPSA) is 142 Å². The molecule has 0 saturated carbocycles. The quantitative estimate of drug-likeness (QED) is 0.385. The van der Waals surface area contributed by atoms with Crippen molar-refractivity contribution in [2.24, 2.45) is 5.92 Å². The highest BCUT2D eigenvalue weighted by atomic mass is 19.1. The van der Waals surface area contributed by atoms with E-state index in [-0.39, 0.29) is 30.9 Å². The van der Waals surface area contributed by atoms with E-state index in [0.29, 0.717) is 22.6 Å². The molecule has 1 aromatic heterocycles. The molecule has 0 amide bonds. The summed E-state index contributed by atoms with van der Waals surface area (Å²) in [7, 11) is 1.45. The highest BCUT2D eigenvalue weighted by Crippen LogP contribution is 2.31. The number of methoxy groups -OCH3 is 1. The predicted octanol–water partition coefficient (Wildman–Crippen LogP) is 2.51. The lowest BCUT2D eigenvalue weighted by molar-refractivity contribution is -0.278. The maximum absolute atomic E-state index is 14.7. The molecule has 1 saturated heterocycles. The predicted molar refractivity (Wildman–Crippen MR) is 133 cm³/mol. The minimum Gasteiger partial charge on any atom is -0.497 e. The van der Waals surface area contributed by atoms with Crippen LogP contribution in [0.3, 0.4) is 0 Å². The Morgan fingerprint density at radius 3 is 2.45 bits per heavy atom. The molecule has 5 atom stereocenters. The first-order chi connectivity index (χ1) is 17.9. The maximum atomic E-state index is 14.7. The molecule has 1 aromatic carbocycles. The third kappa shape index (κ3) is 6.93. The molecule has 3 rings (SSSR count). The second-order valence-corrected chi connectivity index (χ2v) is 9.94. The number of aliphatic hydroxyl groups excluding tert-OH is 3. The number of benzene rings is 1. The van der Waals surface area contributed by atoms with Crippen LogP contribution in [0.2, 0.25) is 0 Å². The fraction of sp³-hybridized carbons (Fsp3) is 0.615. The molecule has 0 spiro atoms. The van der Waals surface area contributed by atoms with E-state index in [1.165, 1.54) is 13.2 Å². The second kappa shape index (κ2) is 12.7. The molecule has 0 unspecified atom stereocenters. The van der Waals surface area contributed by atoms with Crippen LogP contribution < -0.4 is 9.47 Å². The number of hydrogen-bond acceptors (Lipinski definition) is 10. The normalized spacial score (nSPS) is 23.5. The number of aromatic nitrogens is 2. The molecule has 1 fully saturated rings. The lowest BCUT2D eigenvalue weighted by Crippen LogP contribution is -2.60. The monoisotopic (exact) mass is 540 g/mol. The molecular weight excluding hydrogens is 503 g/mol. The van der Waals surface area contributed by atoms with Crippen LogP contribution in [0, 0.1) is 18.7 Å². The number of ether oxygens (including phenoxy) is 5. The summed E-state index contributed by atoms with van der Waals surface area (Å²) in [5.41, 5.74) is 1.63. The second-order valence-electron chi connectivity index (χ2n) is 9.94. The van der Waals surface area contributed by atoms with Crippen LogP contribution in [0.4, 0.5) is 9.18 Å². The molecule has 2 aromatic rings. The van der Waals surface area contributed by atoms with Gasteiger partial charge < -0.3 is 39.0 Å². The Kier molecular flexibility index (Phi) is 9.94. The van der Waals surface area contributed by atoms with Gasteiger partial charge in [0.15, 0.2) is 0 Å². The minimum absolute atomic E-state index is 0.0607. The lowest BCUT2D eigenvalue weighted by Gasteiger charge is -2.39. The Morgan fingerprint density at radius 2 is 1.84 bits per heavy atom. The molecule has 1 aliphatic rings. The standard InChI is InChI=1S/C26H37FN2O9/c1-13(2)11-35-26(33)36-12-20-21(30)22(31)23(32)25(37-20)38-24-18(15(5)29(28-24)14(3)4)9-16-7-8-17(34-6)10-19(16)27/h7-8,10,13-14,20-23,25,30-32H,9,11-12H2,1-6H3/t20-,21-,22+,23-,25+/m1/s1. The Labute approximate surface area is 221 Å². The molecule has 12 heteroatoms. The molecule has 0 aliphatic carbocycles. The zero-order valence-electron chi connectivity index (χ0n) is 22.5. The highest BCUT2D eigenvalue weighted by Gasteiger charge is 2.46. The van der Waals surface area contributed by atoms with Crippen molar-refractivity contribution in [2.45, 2.75) is 77.8 Å². The third-order valence-corrected chi connectivity index (χ3v) is 6.15. The van der Waals surface area contributed by atoms with E-state index in [2.05, 4.69) is 5.10 Å². The smallest absolute Gasteiger partial charge is 0.497 e. The maximum Gasteiger partial charge on any atom is 0.508 e. The van der Waals surface area contributed by atoms with Crippen molar-refractivity contribution < 1.29 is 48.2 Å². The van der Waals surface area contributed by atoms with Crippen LogP contribution in [-0.2, 0) is 20.6 Å². The van der Waals surface area contributed by atoms with E-state index < -0.39 is 49.3 Å². The van der Waals surface area contributed by atoms with Crippen molar-refractivity contribution in [2.75, 3.05) is 20.3 Å². The van der Waals surface area contributed by atoms with Crippen LogP contribution in [0.1, 0.15) is 50.6 Å². The first kappa shape index (κ1) is 29.6. The number of halogens is 1. The summed E-state index contributed by atoms with van der Waals surface area (Å²) in [5.74, 6) is 0.0737. The Morgan fingerprint density at radius 1 is 1.13 bits per heavy atom. The van der Waals surface area contributed by atoms with Gasteiger partial charge in [-0.25, -0.2) is 9.18 Å². The van der Waals surface area contributed by atoms with E-state index >= 15 is 0 Å². The fourth-order valence-corrected chi connectivity index (χ4v) is 4.00. The van der Waals surface area contributed by atoms with Gasteiger partial charge in [-0.05, 0) is 38.3 Å². The van der Waals surface area contributed by atoms with Crippen molar-refractivity contribution in [1.82, 2.24) is 9.78 Å². The van der Waals surface area contributed by atoms with Crippen LogP contribution >= 0.6 is 0 Å². The van der Waals surface area contributed by atoms with Gasteiger partial charge in [-0.3, -0.25) is 4.68 Å². The first-order valence-corrected chi connectivity index (χ1v) is 12.5. The molecule has 212 valence electrons. The number of rotatable bonds is 10. The summed E-state index contributed by atoms with van der Waals surface area (Å²) in [6.07, 6.45) is -8.41. The van der Waals surface area contributed by atoms with Gasteiger partial charge in [-0.15, -0.1) is 5.10 Å². The highest BCUT2D eigenvalue weighted by molar-refractivity contribution is 5.59. The number of carbonyl (C=O) groups excluding carboxylic acids is 1. The first-order valence-electron chi connectivity index (χ1n) is 12.5. The molecular formula is C26H37FN2O9. The van der Waals surface area contributed by atoms with Crippen LogP contribution in [0.15, 0.2) is 18.2 Å². The Hall–Kier alpha value is -2.93. The average Bonchev–Trinajstić information content (AvgIpc) is 3.18. The average molecular weight is 541 g/mol. The van der Waals surface area contributed by atoms with Crippen molar-refractivity contribution in [3.05, 3.63) is 40.8 Å². The van der Waals surface area contributed by atoms with Gasteiger partial charge in [-0.1, -0.05) is 19.9 Å². The Balaban J connectivity index is 1.82. The van der Waals surface area contributed by atoms with E-state index in [9.17, 15) is 24.5 Å². The summed E-state index contributed by atoms with van der Waals surface area (Å²) in [5, 5.41) is 35.9. The zero-order chi connectivity index (χ0) is 28.1. The molecule has 38 heavy (non-hydrogen) atoms. The van der Waals surface area contributed by atoms with Gasteiger partial charge in [0.2, 0.25) is 12.2 Å². The van der Waals surface area contributed by atoms with E-state index in [1.54, 1.807) is 16.8 Å². The third-order valence-electron chi connectivity index (χ3n) is 6.15. The van der Waals surface area contributed by atoms with Crippen LogP contribution in [0.25, 0.3) is 0 Å². The molecule has 0 bridgehead atoms. The lowest BCUT2D eigenvalue weighted by atomic mass is 9.99. The number of hydrogen-bond donors (Lipinski definition) is 3. The number of carbonyl (C=O) groups is 1. The minimum atomic E-state index is -1.66. The van der Waals surface area contributed by atoms with Crippen molar-refractivity contribution in [3.63, 3.8) is 0 Å². The summed E-state index contributed by atoms with van der Waals surface area (Å²) >= 11 is 0. The van der Waals surface area contributed by atoms with Crippen LogP contribution in [0.5, 0.6) is 11.6 Å². The summed E-state index contributed by atoms with van der Waals surface area (Å²) in [6.45, 7) is 9.06. The van der Waals surface area contributed by atoms with Crippen molar-refractivity contribution in [1.29, 1.82) is 0 Å². The van der Waals surface area contributed by atoms with Gasteiger partial charge in [0, 0.05) is 29.8 Å². The molecule has 3 N–H and O–H groups in total. The van der Waals surface area contributed by atoms with E-state index in [4.69, 9.17) is 23.7 Å². The Bertz CT molecular complexity index is 1090. The van der Waals surface area contributed by atoms with E-state index in [0.717, 1.165) is 0 Å². The van der Waals surface area contributed by atoms with Gasteiger partial charge in [0.1, 0.15) is 42.6 Å². The SMILES string of the molecule is COc1ccc(Cc2c(O[C@@H]3O[C@H](COC(=O)OCC(C)C)[C@@H](O)[C@H](O)[C@H]3O)nn(C(C)C)c2C)c(F)c1. The number of aliphatic hydroxyl groups is 3. The fourth-order valence-electron chi connectivity index (χ4n) is 4.00. The van der Waals surface area contributed by atoms with Gasteiger partial charge >= 0.3 is 6.16 Å². The van der Waals surface area contributed by atoms with Gasteiger partial charge in [-0.2, -0.15) is 0 Å². The summed E-state index contributed by atoms with van der Waals surface area (Å²) in [6, 6.07) is 4.46. The zero-order valence-corrected chi connectivity index (χ0v) is 22.5. The van der Waals surface area contributed by atoms with E-state index in [1.807, 2.05) is 34.6 Å². The van der Waals surface area contributed by atoms with Gasteiger partial charge in [0.25, 0.3) is 0 Å². The van der Waals surface area contributed by atoms with Gasteiger partial charge in [0.05, 0.1) is 13.7 Å². The molecule has 11 nitrogen and oxygen atoms in total. The van der Waals surface area contributed by atoms with Crippen molar-refractivity contribution >= 4 is 6.16 Å². The largest absolute Gasteiger partial charge is 0.508 e. The molecule has 1 aliphatic heterocycles. The summed E-state index contributed by atoms with van der Waals surface area (Å²) in [4.78, 5) is 11.8.